The van der Waals surface area contributed by atoms with Gasteiger partial charge in [0.25, 0.3) is 0 Å². The first kappa shape index (κ1) is 13.4. The Bertz CT molecular complexity index is 740. The second-order valence-electron chi connectivity index (χ2n) is 4.12. The molecule has 0 fully saturated rings. The molecule has 0 saturated carbocycles. The number of carbonyl (C=O) groups is 1. The summed E-state index contributed by atoms with van der Waals surface area (Å²) >= 11 is 5.78. The molecular formula is C12H10ClFN2O3. The molecule has 5 nitrogen and oxygen atoms in total. The van der Waals surface area contributed by atoms with Gasteiger partial charge >= 0.3 is 5.97 Å². The van der Waals surface area contributed by atoms with Gasteiger partial charge in [-0.05, 0) is 12.1 Å². The fourth-order valence-corrected chi connectivity index (χ4v) is 2.06. The zero-order valence-corrected chi connectivity index (χ0v) is 10.9. The number of aromatic nitrogens is 1. The molecule has 2 rings (SSSR count). The summed E-state index contributed by atoms with van der Waals surface area (Å²) in [6.07, 6.45) is 1.18. The number of halogens is 2. The predicted octanol–water partition coefficient (Wildman–Crippen LogP) is 1.69. The van der Waals surface area contributed by atoms with E-state index in [9.17, 15) is 14.0 Å². The average Bonchev–Trinajstić information content (AvgIpc) is 2.33. The molecule has 0 radical (unpaired) electrons. The van der Waals surface area contributed by atoms with Crippen molar-refractivity contribution in [1.82, 2.24) is 4.68 Å². The van der Waals surface area contributed by atoms with Crippen LogP contribution in [0.2, 0.25) is 5.02 Å². The lowest BCUT2D eigenvalue weighted by molar-refractivity contribution is 0.0695. The molecule has 0 aliphatic rings. The lowest BCUT2D eigenvalue weighted by Crippen LogP contribution is -2.29. The normalized spacial score (nSPS) is 10.7. The highest BCUT2D eigenvalue weighted by Gasteiger charge is 2.19. The van der Waals surface area contributed by atoms with Crippen LogP contribution < -0.4 is 10.4 Å². The molecule has 1 heterocycles. The van der Waals surface area contributed by atoms with Gasteiger partial charge in [0, 0.05) is 20.3 Å². The van der Waals surface area contributed by atoms with Crippen LogP contribution in [0.5, 0.6) is 0 Å². The summed E-state index contributed by atoms with van der Waals surface area (Å²) in [6.45, 7) is 0. The van der Waals surface area contributed by atoms with Gasteiger partial charge in [-0.1, -0.05) is 11.6 Å². The Kier molecular flexibility index (Phi) is 3.20. The van der Waals surface area contributed by atoms with E-state index >= 15 is 0 Å². The summed E-state index contributed by atoms with van der Waals surface area (Å²) in [7, 11) is 3.32. The molecule has 0 amide bonds. The number of rotatable bonds is 2. The minimum atomic E-state index is -1.39. The molecule has 0 aliphatic carbocycles. The van der Waals surface area contributed by atoms with Crippen LogP contribution in [0.25, 0.3) is 10.9 Å². The second kappa shape index (κ2) is 4.55. The van der Waals surface area contributed by atoms with Gasteiger partial charge in [0.1, 0.15) is 11.4 Å². The van der Waals surface area contributed by atoms with E-state index in [0.717, 1.165) is 6.07 Å². The van der Waals surface area contributed by atoms with Crippen molar-refractivity contribution in [3.8, 4) is 0 Å². The number of carboxylic acid groups (broad SMARTS) is 1. The van der Waals surface area contributed by atoms with Crippen LogP contribution in [0, 0.1) is 5.82 Å². The molecule has 7 heteroatoms. The van der Waals surface area contributed by atoms with Crippen molar-refractivity contribution < 1.29 is 14.3 Å². The molecular weight excluding hydrogens is 275 g/mol. The van der Waals surface area contributed by atoms with Crippen molar-refractivity contribution >= 4 is 28.5 Å². The number of aromatic carboxylic acids is 1. The van der Waals surface area contributed by atoms with Crippen LogP contribution in [0.4, 0.5) is 4.39 Å². The van der Waals surface area contributed by atoms with Gasteiger partial charge in [-0.3, -0.25) is 9.47 Å². The minimum Gasteiger partial charge on any atom is -0.477 e. The van der Waals surface area contributed by atoms with Crippen molar-refractivity contribution in [3.63, 3.8) is 0 Å². The zero-order chi connectivity index (χ0) is 14.3. The molecule has 2 aromatic rings. The first-order valence-corrected chi connectivity index (χ1v) is 5.66. The van der Waals surface area contributed by atoms with E-state index < -0.39 is 22.8 Å². The Balaban J connectivity index is 3.06. The molecule has 0 unspecified atom stereocenters. The maximum absolute atomic E-state index is 13.5. The number of pyridine rings is 1. The lowest BCUT2D eigenvalue weighted by Gasteiger charge is -2.20. The number of fused-ring (bicyclic) bond motifs is 1. The molecule has 0 saturated heterocycles. The topological polar surface area (TPSA) is 62.5 Å². The first-order chi connectivity index (χ1) is 8.84. The number of hydrogen-bond donors (Lipinski definition) is 1. The van der Waals surface area contributed by atoms with Gasteiger partial charge in [0.15, 0.2) is 0 Å². The van der Waals surface area contributed by atoms with E-state index in [1.165, 1.54) is 16.9 Å². The van der Waals surface area contributed by atoms with Crippen LogP contribution in [-0.2, 0) is 0 Å². The van der Waals surface area contributed by atoms with Crippen molar-refractivity contribution in [2.24, 2.45) is 0 Å². The Morgan fingerprint density at radius 3 is 2.58 bits per heavy atom. The SMILES string of the molecule is CN(C)n1cc(C(=O)O)c(=O)c2c(Cl)c(F)ccc21. The van der Waals surface area contributed by atoms with Crippen LogP contribution in [0.15, 0.2) is 23.1 Å². The van der Waals surface area contributed by atoms with E-state index in [4.69, 9.17) is 16.7 Å². The summed E-state index contributed by atoms with van der Waals surface area (Å²) < 4.78 is 14.9. The molecule has 19 heavy (non-hydrogen) atoms. The third-order valence-corrected chi connectivity index (χ3v) is 3.07. The summed E-state index contributed by atoms with van der Waals surface area (Å²) in [5, 5.41) is 10.1. The number of nitrogens with zero attached hydrogens (tertiary/aromatic N) is 2. The third kappa shape index (κ3) is 2.04. The van der Waals surface area contributed by atoms with Gasteiger partial charge in [0.2, 0.25) is 5.43 Å². The van der Waals surface area contributed by atoms with E-state index in [-0.39, 0.29) is 10.4 Å². The summed E-state index contributed by atoms with van der Waals surface area (Å²) in [4.78, 5) is 23.1. The zero-order valence-electron chi connectivity index (χ0n) is 10.1. The van der Waals surface area contributed by atoms with Crippen LogP contribution >= 0.6 is 11.6 Å². The Morgan fingerprint density at radius 1 is 1.42 bits per heavy atom. The molecule has 1 N–H and O–H groups in total. The summed E-state index contributed by atoms with van der Waals surface area (Å²) in [5.74, 6) is -2.15. The Labute approximate surface area is 112 Å². The number of carboxylic acids is 1. The van der Waals surface area contributed by atoms with E-state index in [0.29, 0.717) is 5.52 Å². The monoisotopic (exact) mass is 284 g/mol. The van der Waals surface area contributed by atoms with Crippen molar-refractivity contribution in [2.45, 2.75) is 0 Å². The first-order valence-electron chi connectivity index (χ1n) is 5.29. The highest BCUT2D eigenvalue weighted by Crippen LogP contribution is 2.24. The number of hydrogen-bond acceptors (Lipinski definition) is 3. The van der Waals surface area contributed by atoms with Gasteiger partial charge in [-0.2, -0.15) is 0 Å². The van der Waals surface area contributed by atoms with E-state index in [2.05, 4.69) is 0 Å². The minimum absolute atomic E-state index is 0.143. The van der Waals surface area contributed by atoms with Gasteiger partial charge in [0.05, 0.1) is 15.9 Å². The second-order valence-corrected chi connectivity index (χ2v) is 4.50. The maximum atomic E-state index is 13.5. The largest absolute Gasteiger partial charge is 0.477 e. The van der Waals surface area contributed by atoms with Gasteiger partial charge in [-0.15, -0.1) is 0 Å². The third-order valence-electron chi connectivity index (χ3n) is 2.70. The molecule has 1 aromatic carbocycles. The molecule has 0 atom stereocenters. The molecule has 100 valence electrons. The van der Waals surface area contributed by atoms with Crippen LogP contribution in [0.1, 0.15) is 10.4 Å². The summed E-state index contributed by atoms with van der Waals surface area (Å²) in [5.41, 5.74) is -0.926. The highest BCUT2D eigenvalue weighted by atomic mass is 35.5. The fraction of sp³-hybridized carbons (Fsp3) is 0.167. The Hall–Kier alpha value is -2.08. The van der Waals surface area contributed by atoms with Crippen LogP contribution in [-0.4, -0.2) is 29.8 Å². The Morgan fingerprint density at radius 2 is 2.05 bits per heavy atom. The van der Waals surface area contributed by atoms with Gasteiger partial charge < -0.3 is 10.1 Å². The highest BCUT2D eigenvalue weighted by molar-refractivity contribution is 6.35. The van der Waals surface area contributed by atoms with E-state index in [1.807, 2.05) is 0 Å². The summed E-state index contributed by atoms with van der Waals surface area (Å²) in [6, 6.07) is 2.51. The van der Waals surface area contributed by atoms with Crippen LogP contribution in [0.3, 0.4) is 0 Å². The maximum Gasteiger partial charge on any atom is 0.341 e. The smallest absolute Gasteiger partial charge is 0.341 e. The quantitative estimate of drug-likeness (QED) is 0.911. The lowest BCUT2D eigenvalue weighted by atomic mass is 10.1. The fourth-order valence-electron chi connectivity index (χ4n) is 1.82. The number of benzene rings is 1. The van der Waals surface area contributed by atoms with Gasteiger partial charge in [-0.25, -0.2) is 9.18 Å². The van der Waals surface area contributed by atoms with Crippen molar-refractivity contribution in [2.75, 3.05) is 19.1 Å². The molecule has 0 aliphatic heterocycles. The molecule has 0 spiro atoms. The average molecular weight is 285 g/mol. The van der Waals surface area contributed by atoms with Crippen molar-refractivity contribution in [3.05, 3.63) is 45.0 Å². The van der Waals surface area contributed by atoms with Crippen molar-refractivity contribution in [1.29, 1.82) is 0 Å². The molecule has 0 bridgehead atoms. The standard InChI is InChI=1S/C12H10ClFN2O3/c1-15(2)16-5-6(12(18)19)11(17)9-8(16)4-3-7(14)10(9)13/h3-5H,1-2H3,(H,18,19). The predicted molar refractivity (Wildman–Crippen MR) is 70.2 cm³/mol. The van der Waals surface area contributed by atoms with E-state index in [1.54, 1.807) is 19.1 Å². The molecule has 1 aromatic heterocycles.